The highest BCUT2D eigenvalue weighted by Crippen LogP contribution is 2.26. The predicted octanol–water partition coefficient (Wildman–Crippen LogP) is 3.70. The number of aryl methyl sites for hydroxylation is 1. The molecule has 0 aliphatic carbocycles. The van der Waals surface area contributed by atoms with Crippen LogP contribution in [-0.4, -0.2) is 24.7 Å². The third-order valence-corrected chi connectivity index (χ3v) is 3.88. The Labute approximate surface area is 128 Å². The predicted molar refractivity (Wildman–Crippen MR) is 83.7 cm³/mol. The lowest BCUT2D eigenvalue weighted by atomic mass is 10.2. The molecule has 0 aliphatic heterocycles. The van der Waals surface area contributed by atoms with Gasteiger partial charge < -0.3 is 9.47 Å². The summed E-state index contributed by atoms with van der Waals surface area (Å²) in [4.78, 5) is 15.7. The van der Waals surface area contributed by atoms with E-state index in [1.165, 1.54) is 7.11 Å². The summed E-state index contributed by atoms with van der Waals surface area (Å²) in [5.41, 5.74) is 1.99. The minimum atomic E-state index is -0.207. The highest BCUT2D eigenvalue weighted by Gasteiger charge is 2.07. The van der Waals surface area contributed by atoms with Crippen molar-refractivity contribution in [2.75, 3.05) is 13.7 Å². The van der Waals surface area contributed by atoms with E-state index < -0.39 is 0 Å². The van der Waals surface area contributed by atoms with Gasteiger partial charge in [-0.3, -0.25) is 4.79 Å². The molecule has 1 aromatic heterocycles. The number of hydrogen-bond donors (Lipinski definition) is 0. The zero-order chi connectivity index (χ0) is 15.1. The molecule has 0 atom stereocenters. The van der Waals surface area contributed by atoms with Crippen molar-refractivity contribution < 1.29 is 14.3 Å². The van der Waals surface area contributed by atoms with Crippen LogP contribution in [0.4, 0.5) is 0 Å². The van der Waals surface area contributed by atoms with Crippen LogP contribution < -0.4 is 4.74 Å². The zero-order valence-corrected chi connectivity index (χ0v) is 13.1. The van der Waals surface area contributed by atoms with Gasteiger partial charge in [0.2, 0.25) is 0 Å². The topological polar surface area (TPSA) is 48.4 Å². The molecule has 21 heavy (non-hydrogen) atoms. The quantitative estimate of drug-likeness (QED) is 0.732. The van der Waals surface area contributed by atoms with Gasteiger partial charge in [0, 0.05) is 17.4 Å². The number of esters is 1. The van der Waals surface area contributed by atoms with Crippen molar-refractivity contribution in [2.45, 2.75) is 26.2 Å². The molecule has 1 heterocycles. The molecule has 0 fully saturated rings. The third kappa shape index (κ3) is 4.56. The van der Waals surface area contributed by atoms with Gasteiger partial charge in [0.1, 0.15) is 10.8 Å². The Hall–Kier alpha value is -1.88. The summed E-state index contributed by atoms with van der Waals surface area (Å²) < 4.78 is 10.2. The number of ether oxygens (including phenoxy) is 2. The summed E-state index contributed by atoms with van der Waals surface area (Å²) in [5.74, 6) is 0.671. The molecule has 0 aliphatic rings. The lowest BCUT2D eigenvalue weighted by Crippen LogP contribution is -2.01. The molecule has 0 bridgehead atoms. The highest BCUT2D eigenvalue weighted by atomic mass is 32.1. The van der Waals surface area contributed by atoms with Gasteiger partial charge in [0.25, 0.3) is 0 Å². The average Bonchev–Trinajstić information content (AvgIpc) is 3.00. The van der Waals surface area contributed by atoms with Gasteiger partial charge in [-0.05, 0) is 30.7 Å². The van der Waals surface area contributed by atoms with Crippen molar-refractivity contribution in [3.63, 3.8) is 0 Å². The monoisotopic (exact) mass is 305 g/mol. The van der Waals surface area contributed by atoms with E-state index in [2.05, 4.69) is 16.6 Å². The van der Waals surface area contributed by atoms with E-state index in [9.17, 15) is 4.79 Å². The van der Waals surface area contributed by atoms with E-state index in [0.717, 1.165) is 35.0 Å². The van der Waals surface area contributed by atoms with Gasteiger partial charge in [0.05, 0.1) is 25.8 Å². The average molecular weight is 305 g/mol. The van der Waals surface area contributed by atoms with Crippen LogP contribution in [0.5, 0.6) is 5.75 Å². The highest BCUT2D eigenvalue weighted by molar-refractivity contribution is 7.13. The van der Waals surface area contributed by atoms with Crippen molar-refractivity contribution in [3.05, 3.63) is 35.3 Å². The summed E-state index contributed by atoms with van der Waals surface area (Å²) in [5, 5.41) is 2.94. The molecule has 1 aromatic carbocycles. The second-order valence-corrected chi connectivity index (χ2v) is 5.45. The maximum Gasteiger partial charge on any atom is 0.305 e. The summed E-state index contributed by atoms with van der Waals surface area (Å²) in [6, 6.07) is 7.93. The van der Waals surface area contributed by atoms with E-state index in [4.69, 9.17) is 4.74 Å². The molecule has 0 N–H and O–H groups in total. The second kappa shape index (κ2) is 7.78. The van der Waals surface area contributed by atoms with E-state index in [0.29, 0.717) is 12.8 Å². The summed E-state index contributed by atoms with van der Waals surface area (Å²) in [7, 11) is 1.40. The largest absolute Gasteiger partial charge is 0.494 e. The third-order valence-electron chi connectivity index (χ3n) is 2.94. The second-order valence-electron chi connectivity index (χ2n) is 4.59. The molecule has 0 radical (unpaired) electrons. The van der Waals surface area contributed by atoms with Crippen LogP contribution in [0.25, 0.3) is 10.6 Å². The van der Waals surface area contributed by atoms with Crippen molar-refractivity contribution in [2.24, 2.45) is 0 Å². The molecule has 0 amide bonds. The van der Waals surface area contributed by atoms with Crippen molar-refractivity contribution in [3.8, 4) is 16.3 Å². The SMILES string of the molecule is CCCOc1ccc(-c2nc(CCC(=O)OC)cs2)cc1. The minimum Gasteiger partial charge on any atom is -0.494 e. The smallest absolute Gasteiger partial charge is 0.305 e. The van der Waals surface area contributed by atoms with Gasteiger partial charge >= 0.3 is 5.97 Å². The van der Waals surface area contributed by atoms with Crippen LogP contribution in [0.1, 0.15) is 25.5 Å². The van der Waals surface area contributed by atoms with Gasteiger partial charge in [-0.1, -0.05) is 6.92 Å². The first-order valence-corrected chi connectivity index (χ1v) is 7.85. The maximum atomic E-state index is 11.1. The minimum absolute atomic E-state index is 0.207. The first kappa shape index (κ1) is 15.5. The fraction of sp³-hybridized carbons (Fsp3) is 0.375. The Balaban J connectivity index is 1.98. The van der Waals surface area contributed by atoms with Crippen LogP contribution in [0.2, 0.25) is 0 Å². The van der Waals surface area contributed by atoms with E-state index in [-0.39, 0.29) is 5.97 Å². The van der Waals surface area contributed by atoms with Crippen LogP contribution >= 0.6 is 11.3 Å². The number of hydrogen-bond acceptors (Lipinski definition) is 5. The first-order chi connectivity index (χ1) is 10.2. The Bertz CT molecular complexity index is 577. The molecule has 2 rings (SSSR count). The number of benzene rings is 1. The Morgan fingerprint density at radius 3 is 2.71 bits per heavy atom. The molecular formula is C16H19NO3S. The number of nitrogens with zero attached hydrogens (tertiary/aromatic N) is 1. The van der Waals surface area contributed by atoms with Crippen molar-refractivity contribution >= 4 is 17.3 Å². The van der Waals surface area contributed by atoms with Crippen LogP contribution in [0.3, 0.4) is 0 Å². The molecule has 4 nitrogen and oxygen atoms in total. The van der Waals surface area contributed by atoms with Gasteiger partial charge in [-0.15, -0.1) is 11.3 Å². The fourth-order valence-corrected chi connectivity index (χ4v) is 2.66. The summed E-state index contributed by atoms with van der Waals surface area (Å²) in [6.07, 6.45) is 1.97. The van der Waals surface area contributed by atoms with Crippen LogP contribution in [-0.2, 0) is 16.0 Å². The number of thiazole rings is 1. The van der Waals surface area contributed by atoms with E-state index in [1.807, 2.05) is 29.6 Å². The Morgan fingerprint density at radius 2 is 2.05 bits per heavy atom. The molecule has 0 saturated heterocycles. The molecule has 0 unspecified atom stereocenters. The standard InChI is InChI=1S/C16H19NO3S/c1-3-10-20-14-7-4-12(5-8-14)16-17-13(11-21-16)6-9-15(18)19-2/h4-5,7-8,11H,3,6,9-10H2,1-2H3. The molecule has 0 saturated carbocycles. The number of rotatable bonds is 7. The number of carbonyl (C=O) groups is 1. The fourth-order valence-electron chi connectivity index (χ4n) is 1.80. The van der Waals surface area contributed by atoms with Gasteiger partial charge in [-0.25, -0.2) is 4.98 Å². The van der Waals surface area contributed by atoms with Gasteiger partial charge in [-0.2, -0.15) is 0 Å². The molecule has 5 heteroatoms. The summed E-state index contributed by atoms with van der Waals surface area (Å²) >= 11 is 1.58. The summed E-state index contributed by atoms with van der Waals surface area (Å²) in [6.45, 7) is 2.81. The Kier molecular flexibility index (Phi) is 5.75. The van der Waals surface area contributed by atoms with Gasteiger partial charge in [0.15, 0.2) is 0 Å². The Morgan fingerprint density at radius 1 is 1.29 bits per heavy atom. The van der Waals surface area contributed by atoms with E-state index >= 15 is 0 Å². The molecule has 0 spiro atoms. The molecule has 2 aromatic rings. The van der Waals surface area contributed by atoms with Crippen LogP contribution in [0.15, 0.2) is 29.6 Å². The number of aromatic nitrogens is 1. The van der Waals surface area contributed by atoms with Crippen LogP contribution in [0, 0.1) is 0 Å². The number of carbonyl (C=O) groups excluding carboxylic acids is 1. The van der Waals surface area contributed by atoms with Crippen molar-refractivity contribution in [1.82, 2.24) is 4.98 Å². The maximum absolute atomic E-state index is 11.1. The lowest BCUT2D eigenvalue weighted by Gasteiger charge is -2.04. The normalized spacial score (nSPS) is 10.4. The lowest BCUT2D eigenvalue weighted by molar-refractivity contribution is -0.140. The van der Waals surface area contributed by atoms with Crippen molar-refractivity contribution in [1.29, 1.82) is 0 Å². The molecule has 112 valence electrons. The molecular weight excluding hydrogens is 286 g/mol. The zero-order valence-electron chi connectivity index (χ0n) is 12.3. The van der Waals surface area contributed by atoms with E-state index in [1.54, 1.807) is 11.3 Å². The first-order valence-electron chi connectivity index (χ1n) is 6.97. The number of methoxy groups -OCH3 is 1.